The zero-order valence-electron chi connectivity index (χ0n) is 20.2. The molecule has 2 aromatic carbocycles. The lowest BCUT2D eigenvalue weighted by Gasteiger charge is -2.28. The lowest BCUT2D eigenvalue weighted by atomic mass is 9.83. The first-order valence-electron chi connectivity index (χ1n) is 11.4. The van der Waals surface area contributed by atoms with Gasteiger partial charge in [-0.05, 0) is 78.4 Å². The third-order valence-corrected chi connectivity index (χ3v) is 6.61. The van der Waals surface area contributed by atoms with Crippen molar-refractivity contribution in [3.63, 3.8) is 0 Å². The molecule has 8 nitrogen and oxygen atoms in total. The van der Waals surface area contributed by atoms with Crippen molar-refractivity contribution < 1.29 is 4.74 Å². The molecule has 0 saturated heterocycles. The van der Waals surface area contributed by atoms with E-state index in [0.717, 1.165) is 35.3 Å². The van der Waals surface area contributed by atoms with Crippen LogP contribution in [-0.2, 0) is 25.6 Å². The van der Waals surface area contributed by atoms with E-state index in [0.29, 0.717) is 12.3 Å². The number of aromatic nitrogens is 4. The van der Waals surface area contributed by atoms with Gasteiger partial charge < -0.3 is 10.2 Å². The molecule has 0 saturated carbocycles. The molecule has 0 spiro atoms. The summed E-state index contributed by atoms with van der Waals surface area (Å²) in [6, 6.07) is 12.2. The topological polar surface area (TPSA) is 86.0 Å². The van der Waals surface area contributed by atoms with Gasteiger partial charge in [0.05, 0.1) is 11.2 Å². The molecule has 2 N–H and O–H groups in total. The highest BCUT2D eigenvalue weighted by molar-refractivity contribution is 5.47. The first-order valence-corrected chi connectivity index (χ1v) is 11.4. The highest BCUT2D eigenvalue weighted by Gasteiger charge is 2.36. The first kappa shape index (κ1) is 22.8. The van der Waals surface area contributed by atoms with Gasteiger partial charge in [0.25, 0.3) is 0 Å². The molecule has 33 heavy (non-hydrogen) atoms. The normalized spacial score (nSPS) is 18.0. The minimum atomic E-state index is -0.286. The van der Waals surface area contributed by atoms with Gasteiger partial charge in [-0.15, -0.1) is 0 Å². The lowest BCUT2D eigenvalue weighted by Crippen LogP contribution is -2.41. The van der Waals surface area contributed by atoms with Gasteiger partial charge in [0, 0.05) is 18.3 Å². The summed E-state index contributed by atoms with van der Waals surface area (Å²) in [5.41, 5.74) is 13.7. The van der Waals surface area contributed by atoms with E-state index >= 15 is 0 Å². The van der Waals surface area contributed by atoms with Gasteiger partial charge in [-0.1, -0.05) is 38.1 Å². The Balaban J connectivity index is 1.63. The van der Waals surface area contributed by atoms with E-state index in [9.17, 15) is 4.79 Å². The van der Waals surface area contributed by atoms with Crippen molar-refractivity contribution in [3.8, 4) is 11.4 Å². The molecule has 3 aromatic rings. The molecule has 1 unspecified atom stereocenters. The Kier molecular flexibility index (Phi) is 6.12. The van der Waals surface area contributed by atoms with Gasteiger partial charge >= 0.3 is 5.69 Å². The molecule has 1 aromatic heterocycles. The Morgan fingerprint density at radius 1 is 1.09 bits per heavy atom. The average Bonchev–Trinajstić information content (AvgIpc) is 3.30. The largest absolute Gasteiger partial charge is 0.489 e. The maximum absolute atomic E-state index is 12.5. The molecule has 1 aliphatic rings. The number of allylic oxidation sites excluding steroid dienone is 1. The van der Waals surface area contributed by atoms with Crippen LogP contribution < -0.4 is 21.3 Å². The number of hydrazine groups is 1. The van der Waals surface area contributed by atoms with Crippen LogP contribution in [0.25, 0.3) is 5.69 Å². The molecule has 4 rings (SSSR count). The van der Waals surface area contributed by atoms with Crippen molar-refractivity contribution in [1.82, 2.24) is 30.6 Å². The Morgan fingerprint density at radius 2 is 1.88 bits per heavy atom. The van der Waals surface area contributed by atoms with E-state index in [1.165, 1.54) is 26.2 Å². The average molecular weight is 449 g/mol. The molecule has 174 valence electrons. The molecule has 2 heterocycles. The fraction of sp³-hybridized carbons (Fsp3) is 0.400. The molecule has 0 aliphatic carbocycles. The highest BCUT2D eigenvalue weighted by atomic mass is 16.5. The lowest BCUT2D eigenvalue weighted by molar-refractivity contribution is 0.302. The van der Waals surface area contributed by atoms with Crippen molar-refractivity contribution in [3.05, 3.63) is 80.4 Å². The van der Waals surface area contributed by atoms with E-state index in [1.807, 2.05) is 18.2 Å². The van der Waals surface area contributed by atoms with Gasteiger partial charge in [0.1, 0.15) is 12.4 Å². The fourth-order valence-corrected chi connectivity index (χ4v) is 4.66. The summed E-state index contributed by atoms with van der Waals surface area (Å²) in [5, 5.41) is 7.88. The zero-order valence-corrected chi connectivity index (χ0v) is 20.2. The molecule has 0 radical (unpaired) electrons. The quantitative estimate of drug-likeness (QED) is 0.576. The number of benzene rings is 2. The van der Waals surface area contributed by atoms with Gasteiger partial charge in [-0.3, -0.25) is 0 Å². The summed E-state index contributed by atoms with van der Waals surface area (Å²) < 4.78 is 8.83. The Labute approximate surface area is 194 Å². The van der Waals surface area contributed by atoms with Gasteiger partial charge in [-0.25, -0.2) is 10.2 Å². The standard InChI is InChI=1S/C25H32N6O2/c1-7-18-10-9-11-22(31-24(32)30(6)28-29-31)20(18)15-33-23-13-12-19(14-16(23)3)25(5)21(8-2)17(4)26-27-25/h9-14,26-27H,7-8,15H2,1-6H3. The van der Waals surface area contributed by atoms with E-state index < -0.39 is 0 Å². The minimum Gasteiger partial charge on any atom is -0.489 e. The predicted octanol–water partition coefficient (Wildman–Crippen LogP) is 3.42. The summed E-state index contributed by atoms with van der Waals surface area (Å²) in [7, 11) is 1.59. The molecule has 0 bridgehead atoms. The van der Waals surface area contributed by atoms with Crippen LogP contribution in [0.15, 0.2) is 52.5 Å². The van der Waals surface area contributed by atoms with E-state index in [1.54, 1.807) is 7.05 Å². The van der Waals surface area contributed by atoms with E-state index in [4.69, 9.17) is 4.74 Å². The summed E-state index contributed by atoms with van der Waals surface area (Å²) in [6.45, 7) is 11.0. The first-order chi connectivity index (χ1) is 15.8. The van der Waals surface area contributed by atoms with Gasteiger partial charge in [-0.2, -0.15) is 9.36 Å². The number of aryl methyl sites for hydroxylation is 3. The summed E-state index contributed by atoms with van der Waals surface area (Å²) in [6.07, 6.45) is 1.79. The number of hydrogen-bond acceptors (Lipinski definition) is 6. The van der Waals surface area contributed by atoms with Crippen molar-refractivity contribution >= 4 is 0 Å². The van der Waals surface area contributed by atoms with Gasteiger partial charge in [0.2, 0.25) is 0 Å². The molecule has 8 heteroatoms. The number of ether oxygens (including phenoxy) is 1. The van der Waals surface area contributed by atoms with Crippen molar-refractivity contribution in [2.75, 3.05) is 0 Å². The van der Waals surface area contributed by atoms with Crippen molar-refractivity contribution in [2.24, 2.45) is 7.05 Å². The van der Waals surface area contributed by atoms with Crippen LogP contribution >= 0.6 is 0 Å². The number of hydrogen-bond donors (Lipinski definition) is 2. The maximum Gasteiger partial charge on any atom is 0.368 e. The SMILES string of the molecule is CCC1=C(C)NNC1(C)c1ccc(OCc2c(CC)cccc2-n2nnn(C)c2=O)c(C)c1. The number of nitrogens with zero attached hydrogens (tertiary/aromatic N) is 4. The zero-order chi connectivity index (χ0) is 23.8. The number of nitrogens with one attached hydrogen (secondary N) is 2. The van der Waals surface area contributed by atoms with Crippen molar-refractivity contribution in [1.29, 1.82) is 0 Å². The third kappa shape index (κ3) is 3.95. The van der Waals surface area contributed by atoms with Crippen LogP contribution in [0.5, 0.6) is 5.75 Å². The summed E-state index contributed by atoms with van der Waals surface area (Å²) >= 11 is 0. The van der Waals surface area contributed by atoms with E-state index in [2.05, 4.69) is 74.1 Å². The molecule has 1 aliphatic heterocycles. The van der Waals surface area contributed by atoms with Gasteiger partial charge in [0.15, 0.2) is 0 Å². The molecular formula is C25H32N6O2. The second kappa shape index (κ2) is 8.86. The van der Waals surface area contributed by atoms with Crippen LogP contribution in [0.2, 0.25) is 0 Å². The molecule has 0 amide bonds. The van der Waals surface area contributed by atoms with Crippen LogP contribution in [0.4, 0.5) is 0 Å². The van der Waals surface area contributed by atoms with Crippen LogP contribution in [-0.4, -0.2) is 19.8 Å². The Morgan fingerprint density at radius 3 is 2.52 bits per heavy atom. The van der Waals surface area contributed by atoms with E-state index in [-0.39, 0.29) is 11.2 Å². The summed E-state index contributed by atoms with van der Waals surface area (Å²) in [5.74, 6) is 0.815. The predicted molar refractivity (Wildman–Crippen MR) is 128 cm³/mol. The molecule has 1 atom stereocenters. The number of tetrazole rings is 1. The Hall–Kier alpha value is -3.39. The monoisotopic (exact) mass is 448 g/mol. The van der Waals surface area contributed by atoms with Crippen LogP contribution in [0, 0.1) is 6.92 Å². The highest BCUT2D eigenvalue weighted by Crippen LogP contribution is 2.37. The van der Waals surface area contributed by atoms with Crippen molar-refractivity contribution in [2.45, 2.75) is 59.6 Å². The number of rotatable bonds is 7. The van der Waals surface area contributed by atoms with Crippen LogP contribution in [0.3, 0.4) is 0 Å². The fourth-order valence-electron chi connectivity index (χ4n) is 4.66. The second-order valence-corrected chi connectivity index (χ2v) is 8.67. The summed E-state index contributed by atoms with van der Waals surface area (Å²) in [4.78, 5) is 12.5. The minimum absolute atomic E-state index is 0.253. The second-order valence-electron chi connectivity index (χ2n) is 8.67. The maximum atomic E-state index is 12.5. The molecule has 0 fully saturated rings. The smallest absolute Gasteiger partial charge is 0.368 e. The third-order valence-electron chi connectivity index (χ3n) is 6.61. The molecular weight excluding hydrogens is 416 g/mol. The van der Waals surface area contributed by atoms with Crippen LogP contribution in [0.1, 0.15) is 56.4 Å². The Bertz CT molecular complexity index is 1270.